The van der Waals surface area contributed by atoms with Gasteiger partial charge in [-0.05, 0) is 23.8 Å². The van der Waals surface area contributed by atoms with Crippen molar-refractivity contribution < 1.29 is 4.79 Å². The molecule has 0 unspecified atom stereocenters. The Balaban J connectivity index is 1.92. The first kappa shape index (κ1) is 14.2. The van der Waals surface area contributed by atoms with Crippen molar-refractivity contribution in [1.29, 1.82) is 0 Å². The van der Waals surface area contributed by atoms with E-state index in [1.807, 2.05) is 24.3 Å². The fourth-order valence-corrected chi connectivity index (χ4v) is 1.80. The van der Waals surface area contributed by atoms with Crippen LogP contribution in [0.2, 0.25) is 5.02 Å². The summed E-state index contributed by atoms with van der Waals surface area (Å²) in [6.07, 6.45) is 1.57. The molecule has 102 valence electrons. The number of nitrogens with one attached hydrogen (secondary N) is 2. The number of carbonyl (C=O) groups excluding carboxylic acids is 1. The molecule has 20 heavy (non-hydrogen) atoms. The Morgan fingerprint density at radius 1 is 1.35 bits per heavy atom. The maximum atomic E-state index is 11.8. The second-order valence-electron chi connectivity index (χ2n) is 4.12. The summed E-state index contributed by atoms with van der Waals surface area (Å²) in [5.74, 6) is 5.54. The highest BCUT2D eigenvalue weighted by Crippen LogP contribution is 2.09. The van der Waals surface area contributed by atoms with Gasteiger partial charge in [-0.25, -0.2) is 0 Å². The summed E-state index contributed by atoms with van der Waals surface area (Å²) < 4.78 is 0. The highest BCUT2D eigenvalue weighted by atomic mass is 35.5. The van der Waals surface area contributed by atoms with Crippen LogP contribution in [-0.2, 0) is 6.54 Å². The van der Waals surface area contributed by atoms with E-state index in [0.717, 1.165) is 11.1 Å². The molecule has 4 N–H and O–H groups in total. The van der Waals surface area contributed by atoms with Gasteiger partial charge in [-0.15, -0.1) is 0 Å². The normalized spacial score (nSPS) is 9.70. The predicted octanol–water partition coefficient (Wildman–Crippen LogP) is 1.91. The number of hydrogen-bond donors (Lipinski definition) is 3. The van der Waals surface area contributed by atoms with Crippen LogP contribution in [0.4, 0.5) is 0 Å². The van der Waals surface area contributed by atoms with Gasteiger partial charge in [-0.3, -0.25) is 4.79 Å². The van der Waals surface area contributed by atoms with Gasteiger partial charge in [0.1, 0.15) is 5.69 Å². The van der Waals surface area contributed by atoms with E-state index in [9.17, 15) is 4.79 Å². The summed E-state index contributed by atoms with van der Waals surface area (Å²) >= 11 is 5.75. The van der Waals surface area contributed by atoms with Gasteiger partial charge >= 0.3 is 0 Å². The second-order valence-corrected chi connectivity index (χ2v) is 4.55. The molecular formula is C15H14ClN3O. The van der Waals surface area contributed by atoms with E-state index in [1.165, 1.54) is 0 Å². The molecule has 0 radical (unpaired) electrons. The maximum absolute atomic E-state index is 11.8. The van der Waals surface area contributed by atoms with E-state index >= 15 is 0 Å². The minimum atomic E-state index is -0.191. The van der Waals surface area contributed by atoms with Crippen LogP contribution in [0, 0.1) is 11.8 Å². The Morgan fingerprint density at radius 3 is 2.70 bits per heavy atom. The molecule has 1 amide bonds. The van der Waals surface area contributed by atoms with Crippen LogP contribution in [0.5, 0.6) is 0 Å². The molecule has 0 atom stereocenters. The molecule has 1 aromatic carbocycles. The number of benzene rings is 1. The minimum Gasteiger partial charge on any atom is -0.356 e. The van der Waals surface area contributed by atoms with Gasteiger partial charge < -0.3 is 16.0 Å². The molecule has 1 aromatic heterocycles. The lowest BCUT2D eigenvalue weighted by atomic mass is 10.1. The van der Waals surface area contributed by atoms with Crippen molar-refractivity contribution in [3.05, 3.63) is 58.4 Å². The van der Waals surface area contributed by atoms with Gasteiger partial charge in [0.2, 0.25) is 0 Å². The van der Waals surface area contributed by atoms with Crippen LogP contribution in [-0.4, -0.2) is 17.4 Å². The molecule has 2 aromatic rings. The van der Waals surface area contributed by atoms with Crippen molar-refractivity contribution in [2.75, 3.05) is 6.54 Å². The summed E-state index contributed by atoms with van der Waals surface area (Å²) in [6.45, 7) is 0.788. The smallest absolute Gasteiger partial charge is 0.268 e. The average Bonchev–Trinajstić information content (AvgIpc) is 2.90. The third-order valence-corrected chi connectivity index (χ3v) is 2.85. The predicted molar refractivity (Wildman–Crippen MR) is 79.3 cm³/mol. The van der Waals surface area contributed by atoms with Crippen LogP contribution in [0.1, 0.15) is 21.6 Å². The third kappa shape index (κ3) is 3.89. The maximum Gasteiger partial charge on any atom is 0.268 e. The van der Waals surface area contributed by atoms with Gasteiger partial charge in [-0.2, -0.15) is 0 Å². The van der Waals surface area contributed by atoms with Crippen LogP contribution in [0.25, 0.3) is 0 Å². The highest BCUT2D eigenvalue weighted by molar-refractivity contribution is 6.30. The number of aromatic nitrogens is 1. The van der Waals surface area contributed by atoms with Crippen molar-refractivity contribution >= 4 is 17.5 Å². The molecule has 0 fully saturated rings. The van der Waals surface area contributed by atoms with Crippen molar-refractivity contribution in [2.24, 2.45) is 5.73 Å². The zero-order chi connectivity index (χ0) is 14.4. The van der Waals surface area contributed by atoms with E-state index < -0.39 is 0 Å². The van der Waals surface area contributed by atoms with Gasteiger partial charge in [0.15, 0.2) is 0 Å². The van der Waals surface area contributed by atoms with Gasteiger partial charge in [-0.1, -0.05) is 35.6 Å². The number of H-pyrrole nitrogens is 1. The third-order valence-electron chi connectivity index (χ3n) is 2.63. The summed E-state index contributed by atoms with van der Waals surface area (Å²) in [5.41, 5.74) is 7.65. The summed E-state index contributed by atoms with van der Waals surface area (Å²) in [4.78, 5) is 14.6. The molecule has 0 bridgehead atoms. The first-order chi connectivity index (χ1) is 9.69. The lowest BCUT2D eigenvalue weighted by molar-refractivity contribution is 0.0946. The number of nitrogens with two attached hydrogens (primary N) is 1. The zero-order valence-electron chi connectivity index (χ0n) is 10.7. The topological polar surface area (TPSA) is 70.9 Å². The first-order valence-electron chi connectivity index (χ1n) is 6.09. The van der Waals surface area contributed by atoms with E-state index in [1.54, 1.807) is 12.3 Å². The zero-order valence-corrected chi connectivity index (χ0v) is 11.5. The van der Waals surface area contributed by atoms with Crippen molar-refractivity contribution in [2.45, 2.75) is 6.54 Å². The van der Waals surface area contributed by atoms with Crippen LogP contribution < -0.4 is 11.1 Å². The molecule has 0 saturated carbocycles. The highest BCUT2D eigenvalue weighted by Gasteiger charge is 2.07. The Hall–Kier alpha value is -2.22. The Labute approximate surface area is 122 Å². The number of halogens is 1. The summed E-state index contributed by atoms with van der Waals surface area (Å²) in [6, 6.07) is 9.22. The van der Waals surface area contributed by atoms with Crippen molar-refractivity contribution in [1.82, 2.24) is 10.3 Å². The minimum absolute atomic E-state index is 0.191. The molecule has 0 aliphatic heterocycles. The average molecular weight is 288 g/mol. The summed E-state index contributed by atoms with van der Waals surface area (Å²) in [5, 5.41) is 3.32. The number of rotatable bonds is 3. The van der Waals surface area contributed by atoms with Crippen LogP contribution >= 0.6 is 11.6 Å². The largest absolute Gasteiger partial charge is 0.356 e. The number of hydrogen-bond acceptors (Lipinski definition) is 2. The number of aromatic amines is 1. The quantitative estimate of drug-likeness (QED) is 0.755. The first-order valence-corrected chi connectivity index (χ1v) is 6.47. The lowest BCUT2D eigenvalue weighted by Gasteiger charge is -2.04. The van der Waals surface area contributed by atoms with Crippen LogP contribution in [0.15, 0.2) is 36.5 Å². The van der Waals surface area contributed by atoms with E-state index in [0.29, 0.717) is 23.8 Å². The van der Waals surface area contributed by atoms with Gasteiger partial charge in [0.05, 0.1) is 11.6 Å². The van der Waals surface area contributed by atoms with Gasteiger partial charge in [0, 0.05) is 18.3 Å². The monoisotopic (exact) mass is 287 g/mol. The molecule has 1 heterocycles. The lowest BCUT2D eigenvalue weighted by Crippen LogP contribution is -2.22. The molecule has 0 aliphatic rings. The fourth-order valence-electron chi connectivity index (χ4n) is 1.64. The van der Waals surface area contributed by atoms with Crippen LogP contribution in [0.3, 0.4) is 0 Å². The Bertz CT molecular complexity index is 650. The molecule has 4 nitrogen and oxygen atoms in total. The second kappa shape index (κ2) is 6.80. The standard InChI is InChI=1S/C15H14ClN3O/c16-13-8-14(18-10-13)15(20)19-9-12-5-3-11(4-6-12)2-1-7-17/h3-6,8,10,18H,7,9,17H2,(H,19,20). The molecule has 0 spiro atoms. The summed E-state index contributed by atoms with van der Waals surface area (Å²) in [7, 11) is 0. The van der Waals surface area contributed by atoms with Crippen molar-refractivity contribution in [3.8, 4) is 11.8 Å². The SMILES string of the molecule is NCC#Cc1ccc(CNC(=O)c2cc(Cl)c[nH]2)cc1. The molecule has 0 aliphatic carbocycles. The number of carbonyl (C=O) groups is 1. The van der Waals surface area contributed by atoms with E-state index in [2.05, 4.69) is 22.1 Å². The van der Waals surface area contributed by atoms with Gasteiger partial charge in [0.25, 0.3) is 5.91 Å². The number of amides is 1. The van der Waals surface area contributed by atoms with E-state index in [4.69, 9.17) is 17.3 Å². The molecule has 5 heteroatoms. The Kier molecular flexibility index (Phi) is 4.83. The molecule has 0 saturated heterocycles. The van der Waals surface area contributed by atoms with Crippen molar-refractivity contribution in [3.63, 3.8) is 0 Å². The molecular weight excluding hydrogens is 274 g/mol. The van der Waals surface area contributed by atoms with E-state index in [-0.39, 0.29) is 5.91 Å². The Morgan fingerprint density at radius 2 is 2.10 bits per heavy atom. The molecule has 2 rings (SSSR count). The fraction of sp³-hybridized carbons (Fsp3) is 0.133.